The predicted octanol–water partition coefficient (Wildman–Crippen LogP) is 2.47. The third-order valence-electron chi connectivity index (χ3n) is 4.55. The number of hydrogen-bond acceptors (Lipinski definition) is 6. The molecule has 0 aliphatic heterocycles. The lowest BCUT2D eigenvalue weighted by atomic mass is 10.1. The van der Waals surface area contributed by atoms with Crippen LogP contribution in [0.25, 0.3) is 10.9 Å². The first-order chi connectivity index (χ1) is 15.1. The van der Waals surface area contributed by atoms with E-state index in [1.165, 1.54) is 6.20 Å². The Kier molecular flexibility index (Phi) is 7.29. The molecule has 0 aromatic carbocycles. The van der Waals surface area contributed by atoms with Crippen molar-refractivity contribution in [2.45, 2.75) is 39.4 Å². The summed E-state index contributed by atoms with van der Waals surface area (Å²) >= 11 is 0. The van der Waals surface area contributed by atoms with Gasteiger partial charge < -0.3 is 15.2 Å². The number of halogens is 3. The molecule has 1 amide bonds. The first-order valence-corrected chi connectivity index (χ1v) is 10.0. The third kappa shape index (κ3) is 6.39. The highest BCUT2D eigenvalue weighted by atomic mass is 19.4. The van der Waals surface area contributed by atoms with Gasteiger partial charge in [-0.1, -0.05) is 0 Å². The van der Waals surface area contributed by atoms with Gasteiger partial charge in [0.05, 0.1) is 24.2 Å². The Hall–Kier alpha value is -3.21. The van der Waals surface area contributed by atoms with Gasteiger partial charge in [0.1, 0.15) is 0 Å². The highest BCUT2D eigenvalue weighted by molar-refractivity contribution is 5.87. The average Bonchev–Trinajstić information content (AvgIpc) is 3.09. The van der Waals surface area contributed by atoms with Crippen LogP contribution in [0.4, 0.5) is 13.2 Å². The van der Waals surface area contributed by atoms with Crippen LogP contribution in [0.2, 0.25) is 0 Å². The van der Waals surface area contributed by atoms with Crippen LogP contribution in [0.3, 0.4) is 0 Å². The number of nitrogens with zero attached hydrogens (tertiary/aromatic N) is 4. The van der Waals surface area contributed by atoms with Gasteiger partial charge in [-0.05, 0) is 38.0 Å². The molecule has 0 aliphatic rings. The lowest BCUT2D eigenvalue weighted by Gasteiger charge is -2.11. The zero-order chi connectivity index (χ0) is 23.3. The largest absolute Gasteiger partial charge is 0.468 e. The van der Waals surface area contributed by atoms with E-state index in [2.05, 4.69) is 20.4 Å². The lowest BCUT2D eigenvalue weighted by molar-refractivity contribution is -0.154. The molecule has 2 N–H and O–H groups in total. The molecule has 0 saturated heterocycles. The second-order valence-corrected chi connectivity index (χ2v) is 7.44. The van der Waals surface area contributed by atoms with Crippen LogP contribution < -0.4 is 10.1 Å². The Morgan fingerprint density at radius 2 is 2.06 bits per heavy atom. The minimum absolute atomic E-state index is 0.00373. The Balaban J connectivity index is 1.76. The van der Waals surface area contributed by atoms with E-state index in [1.807, 2.05) is 13.0 Å². The van der Waals surface area contributed by atoms with Crippen LogP contribution in [0, 0.1) is 13.8 Å². The summed E-state index contributed by atoms with van der Waals surface area (Å²) in [5.74, 6) is -0.258. The van der Waals surface area contributed by atoms with Gasteiger partial charge in [-0.25, -0.2) is 4.98 Å². The summed E-state index contributed by atoms with van der Waals surface area (Å²) in [7, 11) is 0. The average molecular weight is 451 g/mol. The van der Waals surface area contributed by atoms with Crippen molar-refractivity contribution < 1.29 is 27.8 Å². The standard InChI is InChI=1S/C21H24F3N5O3/c1-13-6-15(9-26-20(13)32-12-21(22,23)24)10-29-11-16-17(8-19(31)25-4-3-5-30)27-14(2)7-18(16)28-29/h6-7,9,11,30H,3-5,8,10,12H2,1-2H3,(H,25,31). The summed E-state index contributed by atoms with van der Waals surface area (Å²) in [6, 6.07) is 3.51. The molecule has 0 saturated carbocycles. The maximum atomic E-state index is 12.4. The number of carbonyl (C=O) groups excluding carboxylic acids is 1. The second-order valence-electron chi connectivity index (χ2n) is 7.44. The molecule has 0 aliphatic carbocycles. The number of alkyl halides is 3. The van der Waals surface area contributed by atoms with Gasteiger partial charge >= 0.3 is 6.18 Å². The number of rotatable bonds is 9. The maximum Gasteiger partial charge on any atom is 0.422 e. The molecule has 0 fully saturated rings. The van der Waals surface area contributed by atoms with E-state index in [9.17, 15) is 18.0 Å². The van der Waals surface area contributed by atoms with Crippen molar-refractivity contribution in [3.8, 4) is 5.88 Å². The Labute approximate surface area is 182 Å². The van der Waals surface area contributed by atoms with Crippen LogP contribution in [-0.2, 0) is 17.8 Å². The number of aliphatic hydroxyl groups excluding tert-OH is 1. The molecule has 172 valence electrons. The maximum absolute atomic E-state index is 12.4. The van der Waals surface area contributed by atoms with Crippen molar-refractivity contribution in [2.24, 2.45) is 0 Å². The molecule has 0 radical (unpaired) electrons. The molecule has 0 bridgehead atoms. The van der Waals surface area contributed by atoms with Crippen LogP contribution in [0.15, 0.2) is 24.5 Å². The molecule has 0 atom stereocenters. The SMILES string of the molecule is Cc1cc2nn(Cc3cnc(OCC(F)(F)F)c(C)c3)cc2c(CC(=O)NCCCO)n1. The minimum atomic E-state index is -4.43. The second kappa shape index (κ2) is 9.94. The fraction of sp³-hybridized carbons (Fsp3) is 0.429. The topological polar surface area (TPSA) is 102 Å². The zero-order valence-corrected chi connectivity index (χ0v) is 17.7. The highest BCUT2D eigenvalue weighted by Gasteiger charge is 2.29. The molecule has 3 aromatic heterocycles. The number of fused-ring (bicyclic) bond motifs is 1. The first kappa shape index (κ1) is 23.5. The quantitative estimate of drug-likeness (QED) is 0.485. The van der Waals surface area contributed by atoms with Crippen molar-refractivity contribution >= 4 is 16.8 Å². The molecular formula is C21H24F3N5O3. The lowest BCUT2D eigenvalue weighted by Crippen LogP contribution is -2.27. The molecule has 11 heteroatoms. The summed E-state index contributed by atoms with van der Waals surface area (Å²) in [6.45, 7) is 2.78. The molecule has 0 unspecified atom stereocenters. The zero-order valence-electron chi connectivity index (χ0n) is 17.7. The number of amides is 1. The van der Waals surface area contributed by atoms with Gasteiger partial charge in [0.15, 0.2) is 6.61 Å². The fourth-order valence-electron chi connectivity index (χ4n) is 3.20. The normalized spacial score (nSPS) is 11.7. The van der Waals surface area contributed by atoms with Gasteiger partial charge in [0, 0.05) is 42.2 Å². The molecule has 3 aromatic rings. The van der Waals surface area contributed by atoms with Gasteiger partial charge in [-0.15, -0.1) is 0 Å². The number of pyridine rings is 2. The summed E-state index contributed by atoms with van der Waals surface area (Å²) < 4.78 is 43.5. The Morgan fingerprint density at radius 1 is 1.28 bits per heavy atom. The van der Waals surface area contributed by atoms with Gasteiger partial charge in [0.25, 0.3) is 0 Å². The van der Waals surface area contributed by atoms with E-state index >= 15 is 0 Å². The van der Waals surface area contributed by atoms with Crippen LogP contribution >= 0.6 is 0 Å². The fourth-order valence-corrected chi connectivity index (χ4v) is 3.20. The molecule has 32 heavy (non-hydrogen) atoms. The molecular weight excluding hydrogens is 427 g/mol. The van der Waals surface area contributed by atoms with Crippen molar-refractivity contribution in [2.75, 3.05) is 19.8 Å². The Bertz CT molecular complexity index is 1100. The number of hydrogen-bond donors (Lipinski definition) is 2. The van der Waals surface area contributed by atoms with E-state index in [4.69, 9.17) is 9.84 Å². The van der Waals surface area contributed by atoms with Gasteiger partial charge in [-0.2, -0.15) is 18.3 Å². The van der Waals surface area contributed by atoms with Crippen molar-refractivity contribution in [1.82, 2.24) is 25.1 Å². The molecule has 3 rings (SSSR count). The van der Waals surface area contributed by atoms with Crippen molar-refractivity contribution in [3.63, 3.8) is 0 Å². The monoisotopic (exact) mass is 451 g/mol. The predicted molar refractivity (Wildman–Crippen MR) is 110 cm³/mol. The smallest absolute Gasteiger partial charge is 0.422 e. The molecule has 8 nitrogen and oxygen atoms in total. The summed E-state index contributed by atoms with van der Waals surface area (Å²) in [5.41, 5.74) is 3.23. The van der Waals surface area contributed by atoms with E-state index in [-0.39, 0.29) is 24.8 Å². The Morgan fingerprint density at radius 3 is 2.75 bits per heavy atom. The van der Waals surface area contributed by atoms with E-state index in [0.29, 0.717) is 36.3 Å². The van der Waals surface area contributed by atoms with Crippen molar-refractivity contribution in [1.29, 1.82) is 0 Å². The number of nitrogens with one attached hydrogen (secondary N) is 1. The first-order valence-electron chi connectivity index (χ1n) is 10.0. The van der Waals surface area contributed by atoms with E-state index < -0.39 is 12.8 Å². The summed E-state index contributed by atoms with van der Waals surface area (Å²) in [5, 5.41) is 16.8. The minimum Gasteiger partial charge on any atom is -0.468 e. The highest BCUT2D eigenvalue weighted by Crippen LogP contribution is 2.22. The van der Waals surface area contributed by atoms with Crippen LogP contribution in [0.5, 0.6) is 5.88 Å². The number of aromatic nitrogens is 4. The third-order valence-corrected chi connectivity index (χ3v) is 4.55. The number of ether oxygens (including phenoxy) is 1. The van der Waals surface area contributed by atoms with E-state index in [1.54, 1.807) is 23.9 Å². The van der Waals surface area contributed by atoms with E-state index in [0.717, 1.165) is 16.6 Å². The van der Waals surface area contributed by atoms with Crippen LogP contribution in [-0.4, -0.2) is 56.7 Å². The van der Waals surface area contributed by atoms with Gasteiger partial charge in [-0.3, -0.25) is 14.5 Å². The van der Waals surface area contributed by atoms with Crippen molar-refractivity contribution in [3.05, 3.63) is 47.0 Å². The van der Waals surface area contributed by atoms with Gasteiger partial charge in [0.2, 0.25) is 11.8 Å². The summed E-state index contributed by atoms with van der Waals surface area (Å²) in [6.07, 6.45) is -0.637. The number of aliphatic hydroxyl groups is 1. The van der Waals surface area contributed by atoms with Crippen LogP contribution in [0.1, 0.15) is 28.9 Å². The number of aryl methyl sites for hydroxylation is 2. The molecule has 0 spiro atoms. The molecule has 3 heterocycles. The summed E-state index contributed by atoms with van der Waals surface area (Å²) in [4.78, 5) is 20.6. The number of carbonyl (C=O) groups is 1.